The smallest absolute Gasteiger partial charge is 0.0139 e. The monoisotopic (exact) mass is 142 g/mol. The van der Waals surface area contributed by atoms with Gasteiger partial charge in [0.15, 0.2) is 0 Å². The van der Waals surface area contributed by atoms with Crippen molar-refractivity contribution >= 4 is 0 Å². The molecule has 1 unspecified atom stereocenters. The molecule has 0 aromatic heterocycles. The first-order valence-corrected chi connectivity index (χ1v) is 4.09. The first-order valence-electron chi connectivity index (χ1n) is 4.09. The fourth-order valence-electron chi connectivity index (χ4n) is 1.77. The van der Waals surface area contributed by atoms with Crippen molar-refractivity contribution in [2.24, 2.45) is 5.92 Å². The van der Waals surface area contributed by atoms with Gasteiger partial charge in [-0.2, -0.15) is 0 Å². The third kappa shape index (κ3) is 1.70. The first-order chi connectivity index (χ1) is 4.72. The molecule has 1 fully saturated rings. The highest BCUT2D eigenvalue weighted by molar-refractivity contribution is 4.79. The summed E-state index contributed by atoms with van der Waals surface area (Å²) in [5, 5.41) is 3.39. The van der Waals surface area contributed by atoms with Gasteiger partial charge in [0.05, 0.1) is 0 Å². The van der Waals surface area contributed by atoms with Crippen molar-refractivity contribution in [1.82, 2.24) is 10.2 Å². The Morgan fingerprint density at radius 2 is 2.10 bits per heavy atom. The minimum atomic E-state index is 0.793. The summed E-state index contributed by atoms with van der Waals surface area (Å²) in [4.78, 5) is 2.34. The molecule has 2 heteroatoms. The van der Waals surface area contributed by atoms with Crippen LogP contribution >= 0.6 is 0 Å². The fourth-order valence-corrected chi connectivity index (χ4v) is 1.77. The lowest BCUT2D eigenvalue weighted by atomic mass is 9.95. The summed E-state index contributed by atoms with van der Waals surface area (Å²) < 4.78 is 0. The van der Waals surface area contributed by atoms with Crippen LogP contribution in [-0.4, -0.2) is 38.1 Å². The van der Waals surface area contributed by atoms with E-state index in [1.54, 1.807) is 0 Å². The van der Waals surface area contributed by atoms with Crippen LogP contribution in [0.15, 0.2) is 0 Å². The summed E-state index contributed by atoms with van der Waals surface area (Å²) in [5.74, 6) is 0.809. The maximum absolute atomic E-state index is 3.39. The van der Waals surface area contributed by atoms with E-state index in [0.717, 1.165) is 12.0 Å². The van der Waals surface area contributed by atoms with Crippen molar-refractivity contribution < 1.29 is 0 Å². The summed E-state index contributed by atoms with van der Waals surface area (Å²) in [6.45, 7) is 4.69. The van der Waals surface area contributed by atoms with E-state index in [1.807, 2.05) is 0 Å². The van der Waals surface area contributed by atoms with Gasteiger partial charge in [0.25, 0.3) is 0 Å². The number of hydrogen-bond acceptors (Lipinski definition) is 2. The Hall–Kier alpha value is -0.0800. The molecule has 1 heterocycles. The van der Waals surface area contributed by atoms with Crippen LogP contribution in [0.4, 0.5) is 0 Å². The standard InChI is InChI=1S/C8H18N2/c1-7-6-9-5-4-8(7)10(2)3/h7-9H,4-6H2,1-3H3/t7-,8?/m1/s1. The van der Waals surface area contributed by atoms with Crippen molar-refractivity contribution in [2.45, 2.75) is 19.4 Å². The van der Waals surface area contributed by atoms with E-state index in [-0.39, 0.29) is 0 Å². The molecular formula is C8H18N2. The van der Waals surface area contributed by atoms with Crippen molar-refractivity contribution in [3.8, 4) is 0 Å². The molecule has 0 radical (unpaired) electrons. The zero-order valence-electron chi connectivity index (χ0n) is 7.22. The Labute approximate surface area is 63.6 Å². The molecule has 0 aromatic rings. The molecule has 0 aliphatic carbocycles. The van der Waals surface area contributed by atoms with Gasteiger partial charge in [-0.25, -0.2) is 0 Å². The molecule has 0 spiro atoms. The summed E-state index contributed by atoms with van der Waals surface area (Å²) >= 11 is 0. The summed E-state index contributed by atoms with van der Waals surface area (Å²) in [6.07, 6.45) is 1.30. The Bertz CT molecular complexity index is 101. The van der Waals surface area contributed by atoms with E-state index in [4.69, 9.17) is 0 Å². The average molecular weight is 142 g/mol. The maximum Gasteiger partial charge on any atom is 0.0139 e. The normalized spacial score (nSPS) is 34.8. The van der Waals surface area contributed by atoms with E-state index in [9.17, 15) is 0 Å². The zero-order valence-corrected chi connectivity index (χ0v) is 7.22. The molecule has 10 heavy (non-hydrogen) atoms. The topological polar surface area (TPSA) is 15.3 Å². The van der Waals surface area contributed by atoms with Crippen LogP contribution in [0.1, 0.15) is 13.3 Å². The Morgan fingerprint density at radius 3 is 2.50 bits per heavy atom. The van der Waals surface area contributed by atoms with Crippen LogP contribution in [0.5, 0.6) is 0 Å². The van der Waals surface area contributed by atoms with Crippen LogP contribution < -0.4 is 5.32 Å². The quantitative estimate of drug-likeness (QED) is 0.575. The number of rotatable bonds is 1. The Balaban J connectivity index is 2.40. The second kappa shape index (κ2) is 3.35. The lowest BCUT2D eigenvalue weighted by Gasteiger charge is -2.34. The minimum Gasteiger partial charge on any atom is -0.316 e. The van der Waals surface area contributed by atoms with Crippen LogP contribution in [0.2, 0.25) is 0 Å². The van der Waals surface area contributed by atoms with E-state index in [0.29, 0.717) is 0 Å². The van der Waals surface area contributed by atoms with Gasteiger partial charge in [0.1, 0.15) is 0 Å². The van der Waals surface area contributed by atoms with E-state index in [1.165, 1.54) is 19.5 Å². The second-order valence-corrected chi connectivity index (χ2v) is 3.50. The highest BCUT2D eigenvalue weighted by Gasteiger charge is 2.21. The van der Waals surface area contributed by atoms with E-state index < -0.39 is 0 Å². The molecule has 1 aliphatic rings. The molecule has 0 aromatic carbocycles. The number of hydrogen-bond donors (Lipinski definition) is 1. The van der Waals surface area contributed by atoms with Crippen molar-refractivity contribution in [3.05, 3.63) is 0 Å². The van der Waals surface area contributed by atoms with Crippen molar-refractivity contribution in [3.63, 3.8) is 0 Å². The number of piperidine rings is 1. The summed E-state index contributed by atoms with van der Waals surface area (Å²) in [7, 11) is 4.35. The molecular weight excluding hydrogens is 124 g/mol. The lowest BCUT2D eigenvalue weighted by molar-refractivity contribution is 0.178. The zero-order chi connectivity index (χ0) is 7.56. The van der Waals surface area contributed by atoms with Gasteiger partial charge in [-0.05, 0) is 39.5 Å². The van der Waals surface area contributed by atoms with Gasteiger partial charge < -0.3 is 10.2 Å². The maximum atomic E-state index is 3.39. The summed E-state index contributed by atoms with van der Waals surface area (Å²) in [5.41, 5.74) is 0. The van der Waals surface area contributed by atoms with Crippen LogP contribution in [-0.2, 0) is 0 Å². The molecule has 60 valence electrons. The predicted molar refractivity (Wildman–Crippen MR) is 44.1 cm³/mol. The molecule has 2 nitrogen and oxygen atoms in total. The minimum absolute atomic E-state index is 0.793. The fraction of sp³-hybridized carbons (Fsp3) is 1.00. The van der Waals surface area contributed by atoms with Gasteiger partial charge >= 0.3 is 0 Å². The molecule has 1 aliphatic heterocycles. The van der Waals surface area contributed by atoms with Crippen molar-refractivity contribution in [1.29, 1.82) is 0 Å². The first kappa shape index (κ1) is 8.02. The predicted octanol–water partition coefficient (Wildman–Crippen LogP) is 0.546. The van der Waals surface area contributed by atoms with Gasteiger partial charge in [0.2, 0.25) is 0 Å². The van der Waals surface area contributed by atoms with Crippen LogP contribution in [0, 0.1) is 5.92 Å². The van der Waals surface area contributed by atoms with Crippen molar-refractivity contribution in [2.75, 3.05) is 27.2 Å². The van der Waals surface area contributed by atoms with E-state index in [2.05, 4.69) is 31.2 Å². The van der Waals surface area contributed by atoms with Crippen LogP contribution in [0.25, 0.3) is 0 Å². The summed E-state index contributed by atoms with van der Waals surface area (Å²) in [6, 6.07) is 0.793. The average Bonchev–Trinajstić information content (AvgIpc) is 1.88. The third-order valence-corrected chi connectivity index (χ3v) is 2.40. The Morgan fingerprint density at radius 1 is 1.40 bits per heavy atom. The highest BCUT2D eigenvalue weighted by Crippen LogP contribution is 2.14. The highest BCUT2D eigenvalue weighted by atomic mass is 15.1. The molecule has 0 bridgehead atoms. The second-order valence-electron chi connectivity index (χ2n) is 3.50. The lowest BCUT2D eigenvalue weighted by Crippen LogP contribution is -2.45. The van der Waals surface area contributed by atoms with Gasteiger partial charge in [-0.15, -0.1) is 0 Å². The van der Waals surface area contributed by atoms with E-state index >= 15 is 0 Å². The molecule has 1 rings (SSSR count). The van der Waals surface area contributed by atoms with Crippen LogP contribution in [0.3, 0.4) is 0 Å². The molecule has 2 atom stereocenters. The molecule has 1 N–H and O–H groups in total. The molecule has 0 amide bonds. The van der Waals surface area contributed by atoms with Gasteiger partial charge in [-0.3, -0.25) is 0 Å². The van der Waals surface area contributed by atoms with Gasteiger partial charge in [0, 0.05) is 6.04 Å². The van der Waals surface area contributed by atoms with Gasteiger partial charge in [-0.1, -0.05) is 6.92 Å². The number of nitrogens with one attached hydrogen (secondary N) is 1. The molecule has 1 saturated heterocycles. The Kier molecular flexibility index (Phi) is 2.69. The molecule has 0 saturated carbocycles. The number of nitrogens with zero attached hydrogens (tertiary/aromatic N) is 1. The largest absolute Gasteiger partial charge is 0.316 e. The SMILES string of the molecule is C[C@@H]1CNCCC1N(C)C. The third-order valence-electron chi connectivity index (χ3n) is 2.40.